The van der Waals surface area contributed by atoms with Gasteiger partial charge in [0, 0.05) is 62.8 Å². The third-order valence-corrected chi connectivity index (χ3v) is 17.6. The van der Waals surface area contributed by atoms with Gasteiger partial charge in [-0.05, 0) is 108 Å². The predicted octanol–water partition coefficient (Wildman–Crippen LogP) is 16.5. The van der Waals surface area contributed by atoms with Gasteiger partial charge in [-0.1, -0.05) is 196 Å². The average Bonchev–Trinajstić information content (AvgIpc) is 0.728. The molecule has 1 heterocycles. The third kappa shape index (κ3) is 18.5. The molecule has 0 bridgehead atoms. The number of aliphatic hydroxyl groups is 2. The summed E-state index contributed by atoms with van der Waals surface area (Å²) in [5.74, 6) is -1.60. The number of carbonyl (C=O) groups excluding carboxylic acids is 2. The van der Waals surface area contributed by atoms with E-state index in [2.05, 4.69) is 56.1 Å². The van der Waals surface area contributed by atoms with Gasteiger partial charge in [-0.3, -0.25) is 14.9 Å². The highest BCUT2D eigenvalue weighted by Gasteiger charge is 2.65. The van der Waals surface area contributed by atoms with Crippen LogP contribution in [0.25, 0.3) is 10.8 Å². The maximum atomic E-state index is 15.7. The van der Waals surface area contributed by atoms with Crippen molar-refractivity contribution in [3.05, 3.63) is 136 Å². The number of aliphatic hydroxyl groups excluding tert-OH is 2. The van der Waals surface area contributed by atoms with Gasteiger partial charge >= 0.3 is 6.09 Å². The molecule has 3 N–H and O–H groups in total. The molecule has 2 aliphatic carbocycles. The molecule has 0 saturated heterocycles. The number of nitro benzene ring substituents is 1. The maximum absolute atomic E-state index is 15.7. The van der Waals surface area contributed by atoms with Crippen molar-refractivity contribution < 1.29 is 43.8 Å². The van der Waals surface area contributed by atoms with Crippen molar-refractivity contribution in [3.8, 4) is 11.5 Å². The van der Waals surface area contributed by atoms with Crippen molar-refractivity contribution in [3.63, 3.8) is 0 Å². The molecule has 14 nitrogen and oxygen atoms in total. The van der Waals surface area contributed by atoms with E-state index in [4.69, 9.17) is 24.2 Å². The van der Waals surface area contributed by atoms with Crippen molar-refractivity contribution in [1.29, 1.82) is 0 Å². The van der Waals surface area contributed by atoms with Gasteiger partial charge in [0.25, 0.3) is 5.69 Å². The minimum absolute atomic E-state index is 0.0215. The fraction of sp³-hybridized carbons (Fsp3) is 0.586. The summed E-state index contributed by atoms with van der Waals surface area (Å²) in [5.41, 5.74) is 4.02. The second kappa shape index (κ2) is 35.4. The first-order valence-corrected chi connectivity index (χ1v) is 32.3. The van der Waals surface area contributed by atoms with E-state index in [0.29, 0.717) is 48.6 Å². The SMILES string of the molecule is C=CCO[C@@]12Oc3ccc(OC(=O)NCCCCCCCCCCCC)cc3[C@H]3[C@H](CCCCO)[C@@H](CCCCO)C=C(C(=NOCc4ccc([N+](=O)[O-])cc4)C[C@@H]1N(Cc1cccc4ccccc14)C(=O)CCCCCCCCCCC)[C@H]32. The van der Waals surface area contributed by atoms with E-state index in [1.807, 2.05) is 35.2 Å². The van der Waals surface area contributed by atoms with Crippen molar-refractivity contribution >= 4 is 34.2 Å². The number of hydrogen-bond acceptors (Lipinski definition) is 11. The largest absolute Gasteiger partial charge is 0.459 e. The molecule has 1 saturated carbocycles. The Balaban J connectivity index is 1.31. The standard InChI is InChI=1S/C70H98N4O10/c1-4-7-9-11-13-15-17-19-21-27-44-71-69(78)83-58-42-43-64-62(49-58)67-60(36-26-29-46-76)55(32-25-28-45-75)48-61-63(72-82-52-53-38-40-57(41-39-53)74(79)80)50-65(70(84-64,68(61)67)81-47-6-3)73(51-56-34-30-33-54-31-23-24-35-59(54)56)66(77)37-22-20-18-16-14-12-10-8-5-2/h6,23-24,30-31,33-35,38-43,48-49,55,60,65,67-68,75-76H,3-5,7-22,25-29,32,36-37,44-47,50-52H2,1-2H3,(H,71,78)/t55-,60+,65-,67+,68+,70+/m0/s1. The molecular formula is C70H98N4O10. The summed E-state index contributed by atoms with van der Waals surface area (Å²) in [7, 11) is 0. The number of nitrogens with one attached hydrogen (secondary N) is 1. The second-order valence-electron chi connectivity index (χ2n) is 23.7. The molecule has 6 atom stereocenters. The molecule has 0 spiro atoms. The number of oxime groups is 1. The van der Waals surface area contributed by atoms with Gasteiger partial charge < -0.3 is 39.5 Å². The number of ether oxygens (including phenoxy) is 3. The van der Waals surface area contributed by atoms with Gasteiger partial charge in [-0.15, -0.1) is 6.58 Å². The second-order valence-corrected chi connectivity index (χ2v) is 23.7. The number of rotatable bonds is 40. The van der Waals surface area contributed by atoms with E-state index < -0.39 is 28.8 Å². The summed E-state index contributed by atoms with van der Waals surface area (Å²) in [6, 6.07) is 25.6. The Labute approximate surface area is 501 Å². The Hall–Kier alpha value is -6.09. The van der Waals surface area contributed by atoms with Crippen LogP contribution in [0.15, 0.2) is 114 Å². The van der Waals surface area contributed by atoms with Gasteiger partial charge in [0.15, 0.2) is 0 Å². The molecule has 1 aliphatic heterocycles. The summed E-state index contributed by atoms with van der Waals surface area (Å²) in [6.07, 6.45) is 30.3. The zero-order valence-electron chi connectivity index (χ0n) is 50.7. The van der Waals surface area contributed by atoms with Crippen molar-refractivity contribution in [2.24, 2.45) is 22.9 Å². The molecule has 458 valence electrons. The summed E-state index contributed by atoms with van der Waals surface area (Å²) in [5, 5.41) is 42.1. The lowest BCUT2D eigenvalue weighted by Crippen LogP contribution is -2.70. The maximum Gasteiger partial charge on any atom is 0.412 e. The van der Waals surface area contributed by atoms with Gasteiger partial charge in [-0.25, -0.2) is 4.79 Å². The molecule has 14 heteroatoms. The van der Waals surface area contributed by atoms with Crippen LogP contribution in [0, 0.1) is 27.9 Å². The van der Waals surface area contributed by atoms with E-state index in [9.17, 15) is 25.1 Å². The lowest BCUT2D eigenvalue weighted by molar-refractivity contribution is -0.384. The van der Waals surface area contributed by atoms with Gasteiger partial charge in [-0.2, -0.15) is 0 Å². The predicted molar refractivity (Wildman–Crippen MR) is 335 cm³/mol. The number of nitrogens with zero attached hydrogens (tertiary/aromatic N) is 3. The van der Waals surface area contributed by atoms with Crippen LogP contribution in [0.5, 0.6) is 11.5 Å². The highest BCUT2D eigenvalue weighted by atomic mass is 16.7. The van der Waals surface area contributed by atoms with Crippen molar-refractivity contribution in [2.45, 2.75) is 218 Å². The van der Waals surface area contributed by atoms with E-state index in [0.717, 1.165) is 98.1 Å². The van der Waals surface area contributed by atoms with Crippen LogP contribution in [0.4, 0.5) is 10.5 Å². The lowest BCUT2D eigenvalue weighted by Gasteiger charge is -2.60. The van der Waals surface area contributed by atoms with Gasteiger partial charge in [0.2, 0.25) is 11.7 Å². The van der Waals surface area contributed by atoms with E-state index >= 15 is 4.79 Å². The molecule has 3 aliphatic rings. The number of allylic oxidation sites excluding steroid dienone is 1. The minimum atomic E-state index is -1.51. The highest BCUT2D eigenvalue weighted by Crippen LogP contribution is 2.62. The van der Waals surface area contributed by atoms with Crippen molar-refractivity contribution in [2.75, 3.05) is 26.4 Å². The summed E-state index contributed by atoms with van der Waals surface area (Å²) >= 11 is 0. The van der Waals surface area contributed by atoms with E-state index in [1.165, 1.54) is 89.2 Å². The topological polar surface area (TPSA) is 182 Å². The zero-order chi connectivity index (χ0) is 59.4. The lowest BCUT2D eigenvalue weighted by atomic mass is 9.55. The molecule has 0 unspecified atom stereocenters. The summed E-state index contributed by atoms with van der Waals surface area (Å²) < 4.78 is 21.1. The first-order valence-electron chi connectivity index (χ1n) is 32.3. The quantitative estimate of drug-likeness (QED) is 0.0168. The van der Waals surface area contributed by atoms with Crippen LogP contribution in [-0.4, -0.2) is 75.9 Å². The Morgan fingerprint density at radius 2 is 1.43 bits per heavy atom. The summed E-state index contributed by atoms with van der Waals surface area (Å²) in [6.45, 7) is 9.64. The van der Waals surface area contributed by atoms with E-state index in [1.54, 1.807) is 24.3 Å². The number of hydrogen-bond donors (Lipinski definition) is 3. The number of amides is 2. The van der Waals surface area contributed by atoms with Gasteiger partial charge in [0.1, 0.15) is 24.1 Å². The number of non-ortho nitro benzene ring substituents is 1. The van der Waals surface area contributed by atoms with Crippen molar-refractivity contribution in [1.82, 2.24) is 10.2 Å². The number of fused-ring (bicyclic) bond motifs is 3. The van der Waals surface area contributed by atoms with E-state index in [-0.39, 0.29) is 68.7 Å². The number of benzene rings is 4. The Kier molecular flexibility index (Phi) is 27.6. The average molecular weight is 1160 g/mol. The Bertz CT molecular complexity index is 2720. The molecule has 0 aromatic heterocycles. The molecule has 7 rings (SSSR count). The zero-order valence-corrected chi connectivity index (χ0v) is 50.7. The Morgan fingerprint density at radius 3 is 2.10 bits per heavy atom. The molecule has 2 amide bonds. The minimum Gasteiger partial charge on any atom is -0.459 e. The molecule has 4 aromatic carbocycles. The van der Waals surface area contributed by atoms with Crippen LogP contribution in [0.3, 0.4) is 0 Å². The molecule has 1 fully saturated rings. The molecule has 0 radical (unpaired) electrons. The molecule has 4 aromatic rings. The van der Waals surface area contributed by atoms with Crippen LogP contribution < -0.4 is 14.8 Å². The fourth-order valence-corrected chi connectivity index (χ4v) is 13.3. The number of nitro groups is 1. The van der Waals surface area contributed by atoms with Crippen LogP contribution in [0.1, 0.15) is 210 Å². The number of unbranched alkanes of at least 4 members (excludes halogenated alkanes) is 19. The Morgan fingerprint density at radius 1 is 0.786 bits per heavy atom. The van der Waals surface area contributed by atoms with Crippen LogP contribution in [-0.2, 0) is 27.5 Å². The van der Waals surface area contributed by atoms with Gasteiger partial charge in [0.05, 0.1) is 23.2 Å². The first-order chi connectivity index (χ1) is 41.2. The normalized spacial score (nSPS) is 20.1. The summed E-state index contributed by atoms with van der Waals surface area (Å²) in [4.78, 5) is 48.8. The fourth-order valence-electron chi connectivity index (χ4n) is 13.3. The number of carbonyl (C=O) groups is 2. The van der Waals surface area contributed by atoms with Crippen LogP contribution in [0.2, 0.25) is 0 Å². The molecular weight excluding hydrogens is 1060 g/mol. The molecule has 84 heavy (non-hydrogen) atoms. The smallest absolute Gasteiger partial charge is 0.412 e. The highest BCUT2D eigenvalue weighted by molar-refractivity contribution is 6.03. The third-order valence-electron chi connectivity index (χ3n) is 17.6. The van der Waals surface area contributed by atoms with Crippen LogP contribution >= 0.6 is 0 Å². The first kappa shape index (κ1) is 65.5. The monoisotopic (exact) mass is 1150 g/mol.